The Kier molecular flexibility index (Phi) is 7.08. The summed E-state index contributed by atoms with van der Waals surface area (Å²) in [6.07, 6.45) is -4.42. The number of anilines is 1. The first-order valence-corrected chi connectivity index (χ1v) is 11.7. The predicted octanol–water partition coefficient (Wildman–Crippen LogP) is 7.30. The van der Waals surface area contributed by atoms with E-state index in [1.807, 2.05) is 36.4 Å². The second-order valence-corrected chi connectivity index (χ2v) is 8.97. The van der Waals surface area contributed by atoms with E-state index in [1.165, 1.54) is 0 Å². The Balaban J connectivity index is 1.68. The number of rotatable bonds is 6. The Labute approximate surface area is 204 Å². The average molecular weight is 492 g/mol. The van der Waals surface area contributed by atoms with E-state index >= 15 is 0 Å². The van der Waals surface area contributed by atoms with Gasteiger partial charge in [-0.05, 0) is 35.4 Å². The molecule has 1 amide bonds. The number of nitrogens with zero attached hydrogens (tertiary/aromatic N) is 2. The number of nitriles is 1. The second-order valence-electron chi connectivity index (χ2n) is 7.78. The van der Waals surface area contributed by atoms with E-state index in [0.29, 0.717) is 17.7 Å². The van der Waals surface area contributed by atoms with Gasteiger partial charge in [-0.15, -0.1) is 0 Å². The number of pyridine rings is 1. The molecule has 35 heavy (non-hydrogen) atoms. The molecule has 0 aliphatic heterocycles. The van der Waals surface area contributed by atoms with Crippen LogP contribution in [0, 0.1) is 11.3 Å². The molecule has 0 aliphatic carbocycles. The molecule has 1 aromatic heterocycles. The number of amides is 1. The van der Waals surface area contributed by atoms with E-state index in [1.54, 1.807) is 49.4 Å². The van der Waals surface area contributed by atoms with E-state index in [4.69, 9.17) is 0 Å². The van der Waals surface area contributed by atoms with E-state index in [-0.39, 0.29) is 16.6 Å². The van der Waals surface area contributed by atoms with Crippen molar-refractivity contribution in [3.8, 4) is 17.3 Å². The van der Waals surface area contributed by atoms with Crippen LogP contribution in [0.15, 0.2) is 83.9 Å². The fraction of sp³-hybridized carbons (Fsp3) is 0.148. The van der Waals surface area contributed by atoms with Crippen LogP contribution in [-0.2, 0) is 11.0 Å². The molecule has 1 N–H and O–H groups in total. The number of hydrogen-bond donors (Lipinski definition) is 1. The zero-order valence-corrected chi connectivity index (χ0v) is 19.5. The third kappa shape index (κ3) is 5.47. The summed E-state index contributed by atoms with van der Waals surface area (Å²) in [7, 11) is 0. The van der Waals surface area contributed by atoms with Gasteiger partial charge in [-0.2, -0.15) is 18.4 Å². The molecular weight excluding hydrogens is 471 g/mol. The molecule has 0 saturated carbocycles. The largest absolute Gasteiger partial charge is 0.417 e. The number of hydrogen-bond acceptors (Lipinski definition) is 4. The molecule has 176 valence electrons. The van der Waals surface area contributed by atoms with Gasteiger partial charge in [-0.3, -0.25) is 4.79 Å². The highest BCUT2D eigenvalue weighted by Crippen LogP contribution is 2.39. The minimum Gasteiger partial charge on any atom is -0.325 e. The van der Waals surface area contributed by atoms with Gasteiger partial charge in [0.15, 0.2) is 0 Å². The Morgan fingerprint density at radius 3 is 2.37 bits per heavy atom. The number of halogens is 3. The number of benzene rings is 3. The maximum absolute atomic E-state index is 13.8. The SMILES string of the molecule is CC[C@H](Sc1nc(-c2ccccc2)cc(C(F)(F)F)c1C#N)C(=O)Nc1ccc2ccccc2c1. The van der Waals surface area contributed by atoms with Crippen molar-refractivity contribution < 1.29 is 18.0 Å². The lowest BCUT2D eigenvalue weighted by atomic mass is 10.1. The van der Waals surface area contributed by atoms with Gasteiger partial charge in [0.1, 0.15) is 11.1 Å². The summed E-state index contributed by atoms with van der Waals surface area (Å²) in [5.41, 5.74) is -0.502. The van der Waals surface area contributed by atoms with Crippen LogP contribution in [0.5, 0.6) is 0 Å². The van der Waals surface area contributed by atoms with Crippen molar-refractivity contribution >= 4 is 34.1 Å². The van der Waals surface area contributed by atoms with Gasteiger partial charge in [0.25, 0.3) is 0 Å². The number of nitrogens with one attached hydrogen (secondary N) is 1. The minimum atomic E-state index is -4.75. The first-order chi connectivity index (χ1) is 16.8. The van der Waals surface area contributed by atoms with Gasteiger partial charge in [-0.25, -0.2) is 4.98 Å². The third-order valence-electron chi connectivity index (χ3n) is 5.41. The van der Waals surface area contributed by atoms with Crippen molar-refractivity contribution in [1.29, 1.82) is 5.26 Å². The van der Waals surface area contributed by atoms with Crippen molar-refractivity contribution in [3.05, 3.63) is 90.0 Å². The molecule has 4 nitrogen and oxygen atoms in total. The summed E-state index contributed by atoms with van der Waals surface area (Å²) in [5.74, 6) is -0.378. The summed E-state index contributed by atoms with van der Waals surface area (Å²) >= 11 is 0.864. The Bertz CT molecular complexity index is 1420. The first kappa shape index (κ1) is 24.3. The molecule has 0 unspecified atom stereocenters. The summed E-state index contributed by atoms with van der Waals surface area (Å²) in [6.45, 7) is 1.76. The van der Waals surface area contributed by atoms with Crippen molar-refractivity contribution in [2.45, 2.75) is 29.8 Å². The molecule has 1 atom stereocenters. The number of aromatic nitrogens is 1. The smallest absolute Gasteiger partial charge is 0.325 e. The van der Waals surface area contributed by atoms with E-state index in [0.717, 1.165) is 28.6 Å². The van der Waals surface area contributed by atoms with Crippen LogP contribution in [0.4, 0.5) is 18.9 Å². The van der Waals surface area contributed by atoms with Crippen LogP contribution < -0.4 is 5.32 Å². The molecule has 4 rings (SSSR count). The van der Waals surface area contributed by atoms with E-state index in [2.05, 4.69) is 10.3 Å². The van der Waals surface area contributed by atoms with Gasteiger partial charge >= 0.3 is 6.18 Å². The highest BCUT2D eigenvalue weighted by Gasteiger charge is 2.37. The van der Waals surface area contributed by atoms with Crippen molar-refractivity contribution in [1.82, 2.24) is 4.98 Å². The lowest BCUT2D eigenvalue weighted by molar-refractivity contribution is -0.138. The molecule has 1 heterocycles. The van der Waals surface area contributed by atoms with Gasteiger partial charge in [0.05, 0.1) is 22.1 Å². The van der Waals surface area contributed by atoms with E-state index in [9.17, 15) is 23.2 Å². The molecule has 0 radical (unpaired) electrons. The van der Waals surface area contributed by atoms with Crippen LogP contribution >= 0.6 is 11.8 Å². The minimum absolute atomic E-state index is 0.0872. The molecule has 4 aromatic rings. The average Bonchev–Trinajstić information content (AvgIpc) is 2.86. The molecule has 0 fully saturated rings. The topological polar surface area (TPSA) is 65.8 Å². The summed E-state index contributed by atoms with van der Waals surface area (Å²) in [6, 6.07) is 24.2. The number of carbonyl (C=O) groups is 1. The fourth-order valence-corrected chi connectivity index (χ4v) is 4.67. The number of alkyl halides is 3. The maximum atomic E-state index is 13.8. The molecule has 0 bridgehead atoms. The van der Waals surface area contributed by atoms with Gasteiger partial charge in [-0.1, -0.05) is 79.3 Å². The molecular formula is C27H20F3N3OS. The van der Waals surface area contributed by atoms with E-state index < -0.39 is 22.6 Å². The Morgan fingerprint density at radius 1 is 1.03 bits per heavy atom. The number of fused-ring (bicyclic) bond motifs is 1. The molecule has 0 saturated heterocycles. The Hall–Kier alpha value is -3.83. The third-order valence-corrected chi connectivity index (χ3v) is 6.76. The van der Waals surface area contributed by atoms with Crippen LogP contribution in [0.1, 0.15) is 24.5 Å². The summed E-state index contributed by atoms with van der Waals surface area (Å²) < 4.78 is 41.5. The highest BCUT2D eigenvalue weighted by atomic mass is 32.2. The number of thioether (sulfide) groups is 1. The van der Waals surface area contributed by atoms with Crippen molar-refractivity contribution in [2.75, 3.05) is 5.32 Å². The predicted molar refractivity (Wildman–Crippen MR) is 132 cm³/mol. The van der Waals surface area contributed by atoms with Gasteiger partial charge < -0.3 is 5.32 Å². The Morgan fingerprint density at radius 2 is 1.71 bits per heavy atom. The lowest BCUT2D eigenvalue weighted by Gasteiger charge is -2.18. The van der Waals surface area contributed by atoms with Gasteiger partial charge in [0, 0.05) is 11.3 Å². The molecule has 8 heteroatoms. The summed E-state index contributed by atoms with van der Waals surface area (Å²) in [5, 5.41) is 13.5. The second kappa shape index (κ2) is 10.2. The molecule has 0 aliphatic rings. The fourth-order valence-electron chi connectivity index (χ4n) is 3.64. The molecule has 3 aromatic carbocycles. The lowest BCUT2D eigenvalue weighted by Crippen LogP contribution is -2.25. The van der Waals surface area contributed by atoms with Crippen molar-refractivity contribution in [3.63, 3.8) is 0 Å². The zero-order valence-electron chi connectivity index (χ0n) is 18.6. The highest BCUT2D eigenvalue weighted by molar-refractivity contribution is 8.00. The standard InChI is InChI=1S/C27H20F3N3OS/c1-2-24(25(34)32-20-13-12-17-8-6-7-11-19(17)14-20)35-26-21(16-31)22(27(28,29)30)15-23(33-26)18-9-4-3-5-10-18/h3-15,24H,2H2,1H3,(H,32,34)/t24-/m0/s1. The van der Waals surface area contributed by atoms with Gasteiger partial charge in [0.2, 0.25) is 5.91 Å². The van der Waals surface area contributed by atoms with Crippen LogP contribution in [-0.4, -0.2) is 16.1 Å². The number of carbonyl (C=O) groups excluding carboxylic acids is 1. The maximum Gasteiger partial charge on any atom is 0.417 e. The normalized spacial score (nSPS) is 12.2. The summed E-state index contributed by atoms with van der Waals surface area (Å²) in [4.78, 5) is 17.4. The van der Waals surface area contributed by atoms with Crippen molar-refractivity contribution in [2.24, 2.45) is 0 Å². The first-order valence-electron chi connectivity index (χ1n) is 10.8. The molecule has 0 spiro atoms. The van der Waals surface area contributed by atoms with Crippen LogP contribution in [0.2, 0.25) is 0 Å². The monoisotopic (exact) mass is 491 g/mol. The van der Waals surface area contributed by atoms with Crippen LogP contribution in [0.3, 0.4) is 0 Å². The zero-order chi connectivity index (χ0) is 25.0. The van der Waals surface area contributed by atoms with Crippen LogP contribution in [0.25, 0.3) is 22.0 Å². The quantitative estimate of drug-likeness (QED) is 0.287.